The molecule has 0 aromatic heterocycles. The number of hydrogen-bond donors (Lipinski definition) is 1. The molecule has 2 aliphatic heterocycles. The van der Waals surface area contributed by atoms with Crippen LogP contribution in [0.5, 0.6) is 0 Å². The van der Waals surface area contributed by atoms with Gasteiger partial charge in [0.15, 0.2) is 0 Å². The van der Waals surface area contributed by atoms with E-state index in [1.165, 1.54) is 62.9 Å². The molecule has 1 aliphatic carbocycles. The smallest absolute Gasteiger partial charge is 0.231 e. The van der Waals surface area contributed by atoms with E-state index in [-0.39, 0.29) is 5.72 Å². The summed E-state index contributed by atoms with van der Waals surface area (Å²) in [5, 5.41) is 2.26. The first kappa shape index (κ1) is 16.3. The van der Waals surface area contributed by atoms with Gasteiger partial charge in [-0.15, -0.1) is 0 Å². The summed E-state index contributed by atoms with van der Waals surface area (Å²) in [6.45, 7) is 2.53. The minimum Gasteiger partial charge on any atom is -0.305 e. The number of para-hydroxylation sites is 1. The Morgan fingerprint density at radius 3 is 2.27 bits per heavy atom. The predicted octanol–water partition coefficient (Wildman–Crippen LogP) is 3.74. The maximum atomic E-state index is 6.99. The quantitative estimate of drug-likeness (QED) is 0.909. The lowest BCUT2D eigenvalue weighted by Gasteiger charge is -2.40. The SMILES string of the molecule is c1ccc([C@@H]2[C@@H]3CCCC[C@]3([NH+]3CCCC3)ON2c2ccccc2)cc1. The fraction of sp³-hybridized carbons (Fsp3) is 0.478. The molecule has 1 saturated carbocycles. The van der Waals surface area contributed by atoms with Crippen molar-refractivity contribution in [2.45, 2.75) is 50.3 Å². The molecule has 3 atom stereocenters. The third-order valence-corrected chi connectivity index (χ3v) is 6.76. The summed E-state index contributed by atoms with van der Waals surface area (Å²) in [6.07, 6.45) is 7.77. The molecule has 3 nitrogen and oxygen atoms in total. The molecule has 136 valence electrons. The molecule has 0 radical (unpaired) electrons. The lowest BCUT2D eigenvalue weighted by Crippen LogP contribution is -3.20. The van der Waals surface area contributed by atoms with E-state index in [0.717, 1.165) is 0 Å². The molecule has 3 aliphatic rings. The normalized spacial score (nSPS) is 31.9. The molecule has 0 spiro atoms. The summed E-state index contributed by atoms with van der Waals surface area (Å²) >= 11 is 0. The van der Waals surface area contributed by atoms with E-state index in [4.69, 9.17) is 4.84 Å². The van der Waals surface area contributed by atoms with Crippen molar-refractivity contribution in [3.63, 3.8) is 0 Å². The van der Waals surface area contributed by atoms with Crippen molar-refractivity contribution in [2.24, 2.45) is 5.92 Å². The molecule has 2 heterocycles. The van der Waals surface area contributed by atoms with Crippen LogP contribution >= 0.6 is 0 Å². The Bertz CT molecular complexity index is 728. The fourth-order valence-corrected chi connectivity index (χ4v) is 5.63. The number of nitrogens with one attached hydrogen (secondary N) is 1. The Morgan fingerprint density at radius 1 is 0.846 bits per heavy atom. The Hall–Kier alpha value is -1.84. The third-order valence-electron chi connectivity index (χ3n) is 6.76. The van der Waals surface area contributed by atoms with Crippen LogP contribution in [0.25, 0.3) is 0 Å². The van der Waals surface area contributed by atoms with Crippen molar-refractivity contribution in [3.8, 4) is 0 Å². The standard InChI is InChI=1S/C23H28N2O/c1-3-11-19(12-4-1)22-21-15-7-8-16-23(21,24-17-9-10-18-24)26-25(22)20-13-5-2-6-14-20/h1-6,11-14,21-22H,7-10,15-18H2/p+1/t21-,22+,23-/m0/s1. The summed E-state index contributed by atoms with van der Waals surface area (Å²) in [6, 6.07) is 22.1. The van der Waals surface area contributed by atoms with Gasteiger partial charge >= 0.3 is 0 Å². The first-order valence-electron chi connectivity index (χ1n) is 10.3. The van der Waals surface area contributed by atoms with Gasteiger partial charge in [0.05, 0.1) is 30.7 Å². The van der Waals surface area contributed by atoms with Crippen molar-refractivity contribution in [1.29, 1.82) is 0 Å². The monoisotopic (exact) mass is 349 g/mol. The number of quaternary nitrogens is 1. The van der Waals surface area contributed by atoms with Gasteiger partial charge in [0.1, 0.15) is 0 Å². The number of benzene rings is 2. The van der Waals surface area contributed by atoms with Gasteiger partial charge in [0, 0.05) is 19.3 Å². The summed E-state index contributed by atoms with van der Waals surface area (Å²) in [7, 11) is 0. The van der Waals surface area contributed by atoms with Crippen LogP contribution in [-0.2, 0) is 4.84 Å². The molecule has 0 unspecified atom stereocenters. The molecule has 5 rings (SSSR count). The highest BCUT2D eigenvalue weighted by Gasteiger charge is 2.62. The number of hydrogen-bond acceptors (Lipinski definition) is 2. The molecule has 0 amide bonds. The second-order valence-electron chi connectivity index (χ2n) is 8.16. The van der Waals surface area contributed by atoms with Gasteiger partial charge < -0.3 is 4.90 Å². The van der Waals surface area contributed by atoms with Crippen LogP contribution in [0, 0.1) is 5.92 Å². The minimum atomic E-state index is -0.0366. The van der Waals surface area contributed by atoms with E-state index >= 15 is 0 Å². The van der Waals surface area contributed by atoms with E-state index < -0.39 is 0 Å². The number of anilines is 1. The summed E-state index contributed by atoms with van der Waals surface area (Å²) in [5.74, 6) is 0.562. The molecule has 3 fully saturated rings. The molecular weight excluding hydrogens is 320 g/mol. The van der Waals surface area contributed by atoms with E-state index in [1.807, 2.05) is 0 Å². The first-order chi connectivity index (χ1) is 12.9. The predicted molar refractivity (Wildman–Crippen MR) is 104 cm³/mol. The Kier molecular flexibility index (Phi) is 4.22. The van der Waals surface area contributed by atoms with Crippen molar-refractivity contribution in [2.75, 3.05) is 18.2 Å². The zero-order chi connectivity index (χ0) is 17.4. The van der Waals surface area contributed by atoms with Crippen LogP contribution in [-0.4, -0.2) is 18.8 Å². The maximum absolute atomic E-state index is 6.99. The van der Waals surface area contributed by atoms with Gasteiger partial charge in [0.25, 0.3) is 0 Å². The van der Waals surface area contributed by atoms with E-state index in [0.29, 0.717) is 12.0 Å². The van der Waals surface area contributed by atoms with Crippen LogP contribution < -0.4 is 9.96 Å². The van der Waals surface area contributed by atoms with Crippen LogP contribution in [0.1, 0.15) is 50.1 Å². The second kappa shape index (κ2) is 6.71. The number of rotatable bonds is 3. The fourth-order valence-electron chi connectivity index (χ4n) is 5.63. The van der Waals surface area contributed by atoms with E-state index in [1.54, 1.807) is 4.90 Å². The molecule has 26 heavy (non-hydrogen) atoms. The molecule has 2 aromatic rings. The van der Waals surface area contributed by atoms with Gasteiger partial charge in [-0.25, -0.2) is 9.90 Å². The highest BCUT2D eigenvalue weighted by atomic mass is 16.7. The van der Waals surface area contributed by atoms with E-state index in [2.05, 4.69) is 65.7 Å². The number of nitrogens with zero attached hydrogens (tertiary/aromatic N) is 1. The van der Waals surface area contributed by atoms with E-state index in [9.17, 15) is 0 Å². The van der Waals surface area contributed by atoms with Crippen molar-refractivity contribution in [3.05, 3.63) is 66.2 Å². The van der Waals surface area contributed by atoms with Gasteiger partial charge in [-0.2, -0.15) is 0 Å². The Morgan fingerprint density at radius 2 is 1.54 bits per heavy atom. The zero-order valence-corrected chi connectivity index (χ0v) is 15.4. The summed E-state index contributed by atoms with van der Waals surface area (Å²) in [4.78, 5) is 8.68. The van der Waals surface area contributed by atoms with Crippen LogP contribution in [0.4, 0.5) is 5.69 Å². The zero-order valence-electron chi connectivity index (χ0n) is 15.4. The third kappa shape index (κ3) is 2.57. The molecule has 2 aromatic carbocycles. The van der Waals surface area contributed by atoms with Gasteiger partial charge in [-0.3, -0.25) is 0 Å². The Labute approximate surface area is 156 Å². The van der Waals surface area contributed by atoms with Crippen LogP contribution in [0.15, 0.2) is 60.7 Å². The molecule has 2 saturated heterocycles. The van der Waals surface area contributed by atoms with Crippen LogP contribution in [0.3, 0.4) is 0 Å². The number of hydroxylamine groups is 1. The van der Waals surface area contributed by atoms with Crippen molar-refractivity contribution < 1.29 is 9.74 Å². The maximum Gasteiger partial charge on any atom is 0.231 e. The average molecular weight is 349 g/mol. The molecular formula is C23H29N2O+. The van der Waals surface area contributed by atoms with Crippen molar-refractivity contribution in [1.82, 2.24) is 0 Å². The lowest BCUT2D eigenvalue weighted by atomic mass is 9.75. The number of likely N-dealkylation sites (tertiary alicyclic amines) is 1. The van der Waals surface area contributed by atoms with Gasteiger partial charge in [-0.1, -0.05) is 55.0 Å². The lowest BCUT2D eigenvalue weighted by molar-refractivity contribution is -0.972. The van der Waals surface area contributed by atoms with Gasteiger partial charge in [-0.05, 0) is 30.5 Å². The first-order valence-corrected chi connectivity index (χ1v) is 10.3. The summed E-state index contributed by atoms with van der Waals surface area (Å²) < 4.78 is 0. The minimum absolute atomic E-state index is 0.0366. The largest absolute Gasteiger partial charge is 0.305 e. The summed E-state index contributed by atoms with van der Waals surface area (Å²) in [5.41, 5.74) is 2.54. The van der Waals surface area contributed by atoms with Gasteiger partial charge in [0.2, 0.25) is 5.72 Å². The average Bonchev–Trinajstić information content (AvgIpc) is 3.36. The Balaban J connectivity index is 1.61. The van der Waals surface area contributed by atoms with Crippen molar-refractivity contribution >= 4 is 5.69 Å². The second-order valence-corrected chi connectivity index (χ2v) is 8.16. The molecule has 3 heteroatoms. The topological polar surface area (TPSA) is 16.9 Å². The molecule has 0 bridgehead atoms. The number of fused-ring (bicyclic) bond motifs is 1. The highest BCUT2D eigenvalue weighted by Crippen LogP contribution is 2.51. The molecule has 1 N–H and O–H groups in total. The van der Waals surface area contributed by atoms with Crippen LogP contribution in [0.2, 0.25) is 0 Å². The highest BCUT2D eigenvalue weighted by molar-refractivity contribution is 5.48.